The second kappa shape index (κ2) is 6.21. The van der Waals surface area contributed by atoms with Gasteiger partial charge in [-0.1, -0.05) is 70.0 Å². The second-order valence-electron chi connectivity index (χ2n) is 4.89. The van der Waals surface area contributed by atoms with Crippen LogP contribution in [0.1, 0.15) is 42.6 Å². The Balaban J connectivity index is 2.33. The van der Waals surface area contributed by atoms with E-state index in [9.17, 15) is 5.11 Å². The number of aliphatic hydroxyl groups is 1. The number of halogens is 2. The maximum absolute atomic E-state index is 10.5. The molecule has 0 radical (unpaired) electrons. The molecule has 0 spiro atoms. The summed E-state index contributed by atoms with van der Waals surface area (Å²) in [6.45, 7) is 4.33. The van der Waals surface area contributed by atoms with Crippen molar-refractivity contribution in [3.63, 3.8) is 0 Å². The lowest BCUT2D eigenvalue weighted by molar-refractivity contribution is 0.219. The molecule has 0 saturated heterocycles. The molecule has 3 heteroatoms. The summed E-state index contributed by atoms with van der Waals surface area (Å²) in [5.41, 5.74) is 3.05. The summed E-state index contributed by atoms with van der Waals surface area (Å²) in [6.07, 6.45) is -0.618. The monoisotopic (exact) mass is 382 g/mol. The molecule has 0 fully saturated rings. The maximum atomic E-state index is 10.5. The topological polar surface area (TPSA) is 20.2 Å². The first-order valence-electron chi connectivity index (χ1n) is 6.22. The molecule has 0 bridgehead atoms. The predicted molar refractivity (Wildman–Crippen MR) is 86.4 cm³/mol. The highest BCUT2D eigenvalue weighted by molar-refractivity contribution is 9.11. The average molecular weight is 384 g/mol. The van der Waals surface area contributed by atoms with Gasteiger partial charge in [-0.2, -0.15) is 0 Å². The normalized spacial score (nSPS) is 12.7. The third kappa shape index (κ3) is 3.47. The minimum absolute atomic E-state index is 0.504. The van der Waals surface area contributed by atoms with E-state index in [1.165, 1.54) is 5.56 Å². The summed E-state index contributed by atoms with van der Waals surface area (Å²) in [7, 11) is 0. The Morgan fingerprint density at radius 1 is 0.895 bits per heavy atom. The van der Waals surface area contributed by atoms with Gasteiger partial charge >= 0.3 is 0 Å². The summed E-state index contributed by atoms with van der Waals surface area (Å²) in [4.78, 5) is 0. The zero-order valence-electron chi connectivity index (χ0n) is 10.9. The minimum atomic E-state index is -0.618. The van der Waals surface area contributed by atoms with E-state index in [4.69, 9.17) is 0 Å². The molecule has 0 aliphatic heterocycles. The molecule has 1 N–H and O–H groups in total. The molecule has 2 aromatic carbocycles. The molecule has 1 unspecified atom stereocenters. The van der Waals surface area contributed by atoms with Crippen LogP contribution in [0.2, 0.25) is 0 Å². The van der Waals surface area contributed by atoms with E-state index in [0.717, 1.165) is 20.1 Å². The third-order valence-electron chi connectivity index (χ3n) is 3.17. The number of hydrogen-bond donors (Lipinski definition) is 1. The Kier molecular flexibility index (Phi) is 4.82. The largest absolute Gasteiger partial charge is 0.384 e. The molecule has 0 aliphatic rings. The van der Waals surface area contributed by atoms with E-state index in [2.05, 4.69) is 57.8 Å². The van der Waals surface area contributed by atoms with Crippen LogP contribution in [0.5, 0.6) is 0 Å². The number of rotatable bonds is 3. The Labute approximate surface area is 130 Å². The molecule has 100 valence electrons. The molecule has 0 saturated carbocycles. The molecule has 0 aromatic heterocycles. The van der Waals surface area contributed by atoms with Crippen LogP contribution in [0, 0.1) is 0 Å². The fourth-order valence-corrected chi connectivity index (χ4v) is 2.81. The van der Waals surface area contributed by atoms with Crippen molar-refractivity contribution in [2.24, 2.45) is 0 Å². The van der Waals surface area contributed by atoms with Crippen LogP contribution in [0.15, 0.2) is 51.4 Å². The van der Waals surface area contributed by atoms with Crippen LogP contribution in [0.25, 0.3) is 0 Å². The van der Waals surface area contributed by atoms with Crippen molar-refractivity contribution in [1.82, 2.24) is 0 Å². The van der Waals surface area contributed by atoms with Crippen molar-refractivity contribution >= 4 is 31.9 Å². The van der Waals surface area contributed by atoms with Gasteiger partial charge < -0.3 is 5.11 Å². The van der Waals surface area contributed by atoms with Crippen LogP contribution in [-0.2, 0) is 0 Å². The van der Waals surface area contributed by atoms with Gasteiger partial charge in [-0.3, -0.25) is 0 Å². The van der Waals surface area contributed by atoms with Gasteiger partial charge in [0.15, 0.2) is 0 Å². The highest BCUT2D eigenvalue weighted by Crippen LogP contribution is 2.31. The Morgan fingerprint density at radius 2 is 1.47 bits per heavy atom. The molecular weight excluding hydrogens is 368 g/mol. The van der Waals surface area contributed by atoms with Gasteiger partial charge in [0.05, 0.1) is 0 Å². The molecule has 1 atom stereocenters. The van der Waals surface area contributed by atoms with E-state index in [-0.39, 0.29) is 0 Å². The van der Waals surface area contributed by atoms with Gasteiger partial charge in [0.1, 0.15) is 6.10 Å². The molecular formula is C16H16Br2O. The van der Waals surface area contributed by atoms with E-state index < -0.39 is 6.10 Å². The quantitative estimate of drug-likeness (QED) is 0.750. The van der Waals surface area contributed by atoms with Crippen molar-refractivity contribution in [2.75, 3.05) is 0 Å². The first-order valence-corrected chi connectivity index (χ1v) is 7.80. The summed E-state index contributed by atoms with van der Waals surface area (Å²) >= 11 is 6.92. The van der Waals surface area contributed by atoms with Crippen molar-refractivity contribution in [1.29, 1.82) is 0 Å². The third-order valence-corrected chi connectivity index (χ3v) is 4.39. The summed E-state index contributed by atoms with van der Waals surface area (Å²) < 4.78 is 1.87. The number of hydrogen-bond acceptors (Lipinski definition) is 1. The van der Waals surface area contributed by atoms with Crippen LogP contribution in [-0.4, -0.2) is 5.11 Å². The van der Waals surface area contributed by atoms with E-state index in [0.29, 0.717) is 5.92 Å². The van der Waals surface area contributed by atoms with Crippen LogP contribution < -0.4 is 0 Å². The first-order chi connectivity index (χ1) is 8.99. The minimum Gasteiger partial charge on any atom is -0.384 e. The smallest absolute Gasteiger partial charge is 0.105 e. The van der Waals surface area contributed by atoms with Gasteiger partial charge in [-0.25, -0.2) is 0 Å². The Morgan fingerprint density at radius 3 is 2.05 bits per heavy atom. The maximum Gasteiger partial charge on any atom is 0.105 e. The molecule has 1 nitrogen and oxygen atoms in total. The van der Waals surface area contributed by atoms with Crippen LogP contribution in [0.3, 0.4) is 0 Å². The first kappa shape index (κ1) is 14.8. The lowest BCUT2D eigenvalue weighted by Gasteiger charge is -2.15. The fraction of sp³-hybridized carbons (Fsp3) is 0.250. The Hall–Kier alpha value is -0.640. The van der Waals surface area contributed by atoms with Gasteiger partial charge in [0, 0.05) is 14.5 Å². The number of benzene rings is 2. The molecule has 0 amide bonds. The average Bonchev–Trinajstić information content (AvgIpc) is 2.41. The summed E-state index contributed by atoms with van der Waals surface area (Å²) in [6, 6.07) is 14.0. The van der Waals surface area contributed by atoms with Crippen molar-refractivity contribution in [3.05, 3.63) is 68.1 Å². The highest BCUT2D eigenvalue weighted by Gasteiger charge is 2.14. The van der Waals surface area contributed by atoms with Crippen LogP contribution >= 0.6 is 31.9 Å². The van der Waals surface area contributed by atoms with Gasteiger partial charge in [0.25, 0.3) is 0 Å². The molecule has 0 heterocycles. The van der Waals surface area contributed by atoms with Gasteiger partial charge in [-0.15, -0.1) is 0 Å². The van der Waals surface area contributed by atoms with Gasteiger partial charge in [0.2, 0.25) is 0 Å². The lowest BCUT2D eigenvalue weighted by atomic mass is 9.97. The molecule has 2 aromatic rings. The zero-order valence-corrected chi connectivity index (χ0v) is 14.1. The summed E-state index contributed by atoms with van der Waals surface area (Å²) in [5, 5.41) is 10.5. The number of aliphatic hydroxyl groups excluding tert-OH is 1. The van der Waals surface area contributed by atoms with E-state index in [1.54, 1.807) is 0 Å². The standard InChI is InChI=1S/C16H16Br2O/c1-10(2)11-3-5-12(6-4-11)16(19)14-9-13(17)7-8-15(14)18/h3-10,16,19H,1-2H3. The van der Waals surface area contributed by atoms with E-state index in [1.807, 2.05) is 30.3 Å². The SMILES string of the molecule is CC(C)c1ccc(C(O)c2cc(Br)ccc2Br)cc1. The van der Waals surface area contributed by atoms with Crippen LogP contribution in [0.4, 0.5) is 0 Å². The lowest BCUT2D eigenvalue weighted by Crippen LogP contribution is -2.01. The second-order valence-corrected chi connectivity index (χ2v) is 6.66. The molecule has 0 aliphatic carbocycles. The fourth-order valence-electron chi connectivity index (χ4n) is 1.97. The molecule has 19 heavy (non-hydrogen) atoms. The van der Waals surface area contributed by atoms with E-state index >= 15 is 0 Å². The highest BCUT2D eigenvalue weighted by atomic mass is 79.9. The van der Waals surface area contributed by atoms with Crippen molar-refractivity contribution in [3.8, 4) is 0 Å². The Bertz CT molecular complexity index is 561. The zero-order chi connectivity index (χ0) is 14.0. The molecule has 2 rings (SSSR count). The summed E-state index contributed by atoms with van der Waals surface area (Å²) in [5.74, 6) is 0.504. The predicted octanol–water partition coefficient (Wildman–Crippen LogP) is 5.42. The van der Waals surface area contributed by atoms with Crippen molar-refractivity contribution in [2.45, 2.75) is 25.9 Å². The van der Waals surface area contributed by atoms with Crippen molar-refractivity contribution < 1.29 is 5.11 Å². The van der Waals surface area contributed by atoms with Gasteiger partial charge in [-0.05, 0) is 35.2 Å².